The third-order valence-electron chi connectivity index (χ3n) is 0.777. The van der Waals surface area contributed by atoms with E-state index in [1.54, 1.807) is 6.08 Å². The first kappa shape index (κ1) is 22.8. The molecule has 0 heterocycles. The lowest BCUT2D eigenvalue weighted by Crippen LogP contribution is -1.57. The second kappa shape index (κ2) is 43.0. The van der Waals surface area contributed by atoms with E-state index in [1.807, 2.05) is 60.6 Å². The molecule has 0 aromatic carbocycles. The topological polar surface area (TPSA) is 0 Å². The Morgan fingerprint density at radius 3 is 1.15 bits per heavy atom. The molecule has 0 amide bonds. The van der Waals surface area contributed by atoms with Crippen LogP contribution in [0.25, 0.3) is 0 Å². The molecule has 0 saturated heterocycles. The van der Waals surface area contributed by atoms with Crippen molar-refractivity contribution in [1.82, 2.24) is 0 Å². The van der Waals surface area contributed by atoms with Crippen molar-refractivity contribution in [2.75, 3.05) is 0 Å². The van der Waals surface area contributed by atoms with E-state index >= 15 is 0 Å². The van der Waals surface area contributed by atoms with Gasteiger partial charge in [0.25, 0.3) is 0 Å². The first-order valence-electron chi connectivity index (χ1n) is 5.05. The number of rotatable bonds is 1. The van der Waals surface area contributed by atoms with Crippen molar-refractivity contribution in [2.45, 2.75) is 48.5 Å². The van der Waals surface area contributed by atoms with Gasteiger partial charge in [0.1, 0.15) is 0 Å². The van der Waals surface area contributed by atoms with Crippen LogP contribution < -0.4 is 0 Å². The van der Waals surface area contributed by atoms with Crippen molar-refractivity contribution in [1.29, 1.82) is 0 Å². The first-order chi connectivity index (χ1) is 6.22. The fraction of sp³-hybridized carbons (Fsp3) is 0.538. The predicted octanol–water partition coefficient (Wildman–Crippen LogP) is 5.38. The van der Waals surface area contributed by atoms with Gasteiger partial charge in [-0.3, -0.25) is 0 Å². The maximum atomic E-state index is 3.56. The summed E-state index contributed by atoms with van der Waals surface area (Å²) in [5.41, 5.74) is 1.23. The van der Waals surface area contributed by atoms with Gasteiger partial charge >= 0.3 is 0 Å². The predicted molar refractivity (Wildman–Crippen MR) is 68.2 cm³/mol. The van der Waals surface area contributed by atoms with E-state index in [2.05, 4.69) is 13.2 Å². The second-order valence-electron chi connectivity index (χ2n) is 1.65. The highest BCUT2D eigenvalue weighted by Crippen LogP contribution is 1.88. The summed E-state index contributed by atoms with van der Waals surface area (Å²) < 4.78 is 0. The van der Waals surface area contributed by atoms with E-state index in [1.165, 1.54) is 5.57 Å². The molecule has 0 rings (SSSR count). The van der Waals surface area contributed by atoms with Crippen LogP contribution in [0.1, 0.15) is 48.5 Å². The van der Waals surface area contributed by atoms with E-state index < -0.39 is 0 Å². The van der Waals surface area contributed by atoms with Crippen molar-refractivity contribution in [3.8, 4) is 0 Å². The SMILES string of the molecule is C=C/C(C)=C\C.C=CC.CC.CC. The Kier molecular flexibility index (Phi) is 75.3. The fourth-order valence-electron chi connectivity index (χ4n) is 0.118. The van der Waals surface area contributed by atoms with Crippen LogP contribution in [-0.2, 0) is 0 Å². The molecule has 0 bridgehead atoms. The van der Waals surface area contributed by atoms with Gasteiger partial charge in [-0.25, -0.2) is 0 Å². The number of hydrogen-bond donors (Lipinski definition) is 0. The highest BCUT2D eigenvalue weighted by molar-refractivity contribution is 5.10. The summed E-state index contributed by atoms with van der Waals surface area (Å²) in [7, 11) is 0. The van der Waals surface area contributed by atoms with Crippen molar-refractivity contribution in [3.05, 3.63) is 37.0 Å². The number of allylic oxidation sites excluding steroid dienone is 4. The maximum Gasteiger partial charge on any atom is -0.0401 e. The largest absolute Gasteiger partial charge is 0.103 e. The first-order valence-corrected chi connectivity index (χ1v) is 5.05. The van der Waals surface area contributed by atoms with E-state index in [-0.39, 0.29) is 0 Å². The molecule has 0 aliphatic heterocycles. The summed E-state index contributed by atoms with van der Waals surface area (Å²) in [5.74, 6) is 0. The molecule has 80 valence electrons. The molecule has 13 heavy (non-hydrogen) atoms. The maximum absolute atomic E-state index is 3.56. The molecule has 0 atom stereocenters. The van der Waals surface area contributed by atoms with E-state index in [0.29, 0.717) is 0 Å². The monoisotopic (exact) mass is 184 g/mol. The van der Waals surface area contributed by atoms with Crippen LogP contribution in [0.2, 0.25) is 0 Å². The third-order valence-corrected chi connectivity index (χ3v) is 0.777. The summed E-state index contributed by atoms with van der Waals surface area (Å²) in [6.07, 6.45) is 5.60. The average Bonchev–Trinajstić information content (AvgIpc) is 2.24. The minimum absolute atomic E-state index is 1.23. The molecular formula is C13H28. The van der Waals surface area contributed by atoms with Gasteiger partial charge in [0.2, 0.25) is 0 Å². The summed E-state index contributed by atoms with van der Waals surface area (Å²) >= 11 is 0. The molecule has 0 unspecified atom stereocenters. The Bertz CT molecular complexity index is 96.6. The van der Waals surface area contributed by atoms with Crippen molar-refractivity contribution in [3.63, 3.8) is 0 Å². The molecule has 0 saturated carbocycles. The minimum Gasteiger partial charge on any atom is -0.103 e. The molecule has 0 aromatic rings. The fourth-order valence-corrected chi connectivity index (χ4v) is 0.118. The Labute approximate surface area is 86.1 Å². The summed E-state index contributed by atoms with van der Waals surface area (Å²) in [6.45, 7) is 20.8. The van der Waals surface area contributed by atoms with Crippen LogP contribution in [0, 0.1) is 0 Å². The van der Waals surface area contributed by atoms with E-state index in [0.717, 1.165) is 0 Å². The van der Waals surface area contributed by atoms with Crippen LogP contribution in [-0.4, -0.2) is 0 Å². The molecule has 0 aliphatic rings. The van der Waals surface area contributed by atoms with Crippen LogP contribution >= 0.6 is 0 Å². The van der Waals surface area contributed by atoms with Gasteiger partial charge in [-0.2, -0.15) is 0 Å². The molecule has 0 radical (unpaired) electrons. The Balaban J connectivity index is -0.0000000493. The Morgan fingerprint density at radius 2 is 1.15 bits per heavy atom. The molecule has 0 fully saturated rings. The zero-order valence-corrected chi connectivity index (χ0v) is 10.6. The van der Waals surface area contributed by atoms with Crippen molar-refractivity contribution < 1.29 is 0 Å². The lowest BCUT2D eigenvalue weighted by atomic mass is 10.3. The van der Waals surface area contributed by atoms with Crippen molar-refractivity contribution >= 4 is 0 Å². The quantitative estimate of drug-likeness (QED) is 0.379. The summed E-state index contributed by atoms with van der Waals surface area (Å²) in [4.78, 5) is 0. The molecule has 0 N–H and O–H groups in total. The van der Waals surface area contributed by atoms with E-state index in [4.69, 9.17) is 0 Å². The molecule has 0 nitrogen and oxygen atoms in total. The van der Waals surface area contributed by atoms with Gasteiger partial charge in [-0.15, -0.1) is 6.58 Å². The van der Waals surface area contributed by atoms with Crippen molar-refractivity contribution in [2.24, 2.45) is 0 Å². The van der Waals surface area contributed by atoms with Crippen LogP contribution in [0.15, 0.2) is 37.0 Å². The molecule has 0 aromatic heterocycles. The molecule has 0 spiro atoms. The Morgan fingerprint density at radius 1 is 0.923 bits per heavy atom. The lowest BCUT2D eigenvalue weighted by Gasteiger charge is -1.78. The number of hydrogen-bond acceptors (Lipinski definition) is 0. The minimum atomic E-state index is 1.23. The molecular weight excluding hydrogens is 156 g/mol. The zero-order chi connectivity index (χ0) is 11.7. The van der Waals surface area contributed by atoms with Gasteiger partial charge in [0.15, 0.2) is 0 Å². The third kappa shape index (κ3) is 92.0. The van der Waals surface area contributed by atoms with Gasteiger partial charge in [-0.05, 0) is 20.8 Å². The zero-order valence-electron chi connectivity index (χ0n) is 10.6. The highest BCUT2D eigenvalue weighted by Gasteiger charge is 1.66. The van der Waals surface area contributed by atoms with Crippen LogP contribution in [0.4, 0.5) is 0 Å². The van der Waals surface area contributed by atoms with Gasteiger partial charge in [0.05, 0.1) is 0 Å². The second-order valence-corrected chi connectivity index (χ2v) is 1.65. The van der Waals surface area contributed by atoms with Gasteiger partial charge < -0.3 is 0 Å². The molecule has 0 heteroatoms. The van der Waals surface area contributed by atoms with Gasteiger partial charge in [0, 0.05) is 0 Å². The van der Waals surface area contributed by atoms with Crippen LogP contribution in [0.3, 0.4) is 0 Å². The normalized spacial score (nSPS) is 7.15. The summed E-state index contributed by atoms with van der Waals surface area (Å²) in [6, 6.07) is 0. The summed E-state index contributed by atoms with van der Waals surface area (Å²) in [5, 5.41) is 0. The highest BCUT2D eigenvalue weighted by atomic mass is 13.7. The lowest BCUT2D eigenvalue weighted by molar-refractivity contribution is 1.49. The smallest absolute Gasteiger partial charge is 0.0401 e. The standard InChI is InChI=1S/C6H10.C3H6.2C2H6/c1-4-6(3)5-2;1-3-2;2*1-2/h4-5H,1H2,2-3H3;3H,1H2,2H3;2*1-2H3/b6-5-;;;. The Hall–Kier alpha value is -0.780. The van der Waals surface area contributed by atoms with Gasteiger partial charge in [-0.1, -0.05) is 58.1 Å². The van der Waals surface area contributed by atoms with E-state index in [9.17, 15) is 0 Å². The van der Waals surface area contributed by atoms with Crippen LogP contribution in [0.5, 0.6) is 0 Å². The average molecular weight is 184 g/mol. The molecule has 0 aliphatic carbocycles.